The number of halogens is 1. The van der Waals surface area contributed by atoms with Gasteiger partial charge in [-0.15, -0.1) is 5.26 Å². The van der Waals surface area contributed by atoms with Crippen molar-refractivity contribution < 1.29 is 18.0 Å². The fraction of sp³-hybridized carbons (Fsp3) is 0.0800. The van der Waals surface area contributed by atoms with E-state index in [2.05, 4.69) is 9.82 Å². The molecule has 0 fully saturated rings. The molecule has 0 amide bonds. The lowest BCUT2D eigenvalue weighted by Gasteiger charge is -2.13. The topological polar surface area (TPSA) is 114 Å². The third-order valence-corrected chi connectivity index (χ3v) is 6.77. The van der Waals surface area contributed by atoms with Crippen LogP contribution >= 0.6 is 11.6 Å². The summed E-state index contributed by atoms with van der Waals surface area (Å²) >= 11 is 6.32. The third-order valence-electron chi connectivity index (χ3n) is 5.27. The Morgan fingerprint density at radius 3 is 2.34 bits per heavy atom. The maximum atomic E-state index is 12.5. The van der Waals surface area contributed by atoms with Gasteiger partial charge in [-0.1, -0.05) is 84.4 Å². The number of nitrogens with one attached hydrogen (secondary N) is 1. The molecule has 0 atom stereocenters. The number of sulfonamides is 1. The van der Waals surface area contributed by atoms with Crippen molar-refractivity contribution in [2.75, 3.05) is 0 Å². The van der Waals surface area contributed by atoms with Crippen LogP contribution in [0, 0.1) is 11.5 Å². The molecule has 10 heteroatoms. The number of carbonyl (C=O) groups excluding carboxylic acids is 1. The predicted molar refractivity (Wildman–Crippen MR) is 131 cm³/mol. The second kappa shape index (κ2) is 10.1. The van der Waals surface area contributed by atoms with Gasteiger partial charge in [-0.05, 0) is 22.1 Å². The van der Waals surface area contributed by atoms with Crippen molar-refractivity contribution in [1.29, 1.82) is 5.26 Å². The zero-order chi connectivity index (χ0) is 25.0. The second-order valence-corrected chi connectivity index (χ2v) is 9.53. The summed E-state index contributed by atoms with van der Waals surface area (Å²) in [5.74, 6) is 0.373. The Labute approximate surface area is 207 Å². The number of nitrogens with zero attached hydrogens (tertiary/aromatic N) is 3. The number of Topliss-reactive ketones (excluding diaryl/α,β-unsaturated/α-hetero) is 1. The van der Waals surface area contributed by atoms with Gasteiger partial charge in [-0.25, -0.2) is 13.4 Å². The Bertz CT molecular complexity index is 1530. The quantitative estimate of drug-likeness (QED) is 0.208. The molecule has 0 bridgehead atoms. The summed E-state index contributed by atoms with van der Waals surface area (Å²) in [6, 6.07) is 23.1. The normalized spacial score (nSPS) is 11.1. The first-order valence-electron chi connectivity index (χ1n) is 10.4. The molecule has 0 aliphatic carbocycles. The second-order valence-electron chi connectivity index (χ2n) is 7.56. The Morgan fingerprint density at radius 1 is 1.03 bits per heavy atom. The van der Waals surface area contributed by atoms with Crippen LogP contribution in [0.4, 0.5) is 0 Å². The minimum atomic E-state index is -4.07. The number of rotatable bonds is 8. The fourth-order valence-corrected chi connectivity index (χ4v) is 5.04. The van der Waals surface area contributed by atoms with Crippen molar-refractivity contribution >= 4 is 27.4 Å². The largest absolute Gasteiger partial charge is 0.316 e. The highest BCUT2D eigenvalue weighted by atomic mass is 35.5. The SMILES string of the molecule is CC(=O)c1c(Cl)nc(-c2ccccc2)n1Cc1ccc(-c2ccccc2S(=O)(=O)NOC#N)cc1. The fourth-order valence-electron chi connectivity index (χ4n) is 3.75. The van der Waals surface area contributed by atoms with Gasteiger partial charge < -0.3 is 9.40 Å². The van der Waals surface area contributed by atoms with E-state index in [1.807, 2.05) is 42.5 Å². The van der Waals surface area contributed by atoms with Crippen LogP contribution in [0.2, 0.25) is 5.15 Å². The number of aromatic nitrogens is 2. The van der Waals surface area contributed by atoms with E-state index < -0.39 is 10.0 Å². The Kier molecular flexibility index (Phi) is 6.98. The van der Waals surface area contributed by atoms with Crippen molar-refractivity contribution in [1.82, 2.24) is 14.4 Å². The first kappa shape index (κ1) is 24.2. The standard InChI is InChI=1S/C25H19ClN4O4S/c1-17(31)23-24(26)28-25(20-7-3-2-4-8-20)30(23)15-18-11-13-19(14-12-18)21-9-5-6-10-22(21)35(32,33)29-34-16-27/h2-14,29H,15H2,1H3. The Balaban J connectivity index is 1.70. The van der Waals surface area contributed by atoms with Gasteiger partial charge in [0, 0.05) is 24.6 Å². The van der Waals surface area contributed by atoms with Crippen LogP contribution in [0.5, 0.6) is 0 Å². The van der Waals surface area contributed by atoms with Crippen LogP contribution in [0.3, 0.4) is 0 Å². The highest BCUT2D eigenvalue weighted by molar-refractivity contribution is 7.89. The molecule has 4 rings (SSSR count). The summed E-state index contributed by atoms with van der Waals surface area (Å²) in [6.07, 6.45) is 1.28. The molecule has 0 spiro atoms. The molecular weight excluding hydrogens is 488 g/mol. The molecule has 0 aliphatic heterocycles. The van der Waals surface area contributed by atoms with Crippen LogP contribution in [-0.4, -0.2) is 23.8 Å². The van der Waals surface area contributed by atoms with Crippen LogP contribution in [-0.2, 0) is 21.4 Å². The van der Waals surface area contributed by atoms with Gasteiger partial charge in [0.05, 0.1) is 4.90 Å². The van der Waals surface area contributed by atoms with E-state index in [4.69, 9.17) is 16.9 Å². The summed E-state index contributed by atoms with van der Waals surface area (Å²) in [6.45, 7) is 1.77. The molecule has 4 aromatic rings. The molecule has 0 unspecified atom stereocenters. The Morgan fingerprint density at radius 2 is 1.69 bits per heavy atom. The molecule has 0 saturated carbocycles. The molecule has 35 heavy (non-hydrogen) atoms. The number of nitriles is 1. The number of hydrogen-bond donors (Lipinski definition) is 1. The lowest BCUT2D eigenvalue weighted by Crippen LogP contribution is -2.22. The van der Waals surface area contributed by atoms with Crippen molar-refractivity contribution in [3.05, 3.63) is 95.3 Å². The molecule has 0 radical (unpaired) electrons. The van der Waals surface area contributed by atoms with E-state index in [9.17, 15) is 13.2 Å². The molecule has 1 N–H and O–H groups in total. The number of carbonyl (C=O) groups is 1. The Hall–Kier alpha value is -3.97. The summed E-state index contributed by atoms with van der Waals surface area (Å²) in [5, 5.41) is 8.67. The minimum Gasteiger partial charge on any atom is -0.316 e. The smallest absolute Gasteiger partial charge is 0.308 e. The van der Waals surface area contributed by atoms with Gasteiger partial charge in [0.15, 0.2) is 10.9 Å². The van der Waals surface area contributed by atoms with E-state index in [1.54, 1.807) is 39.8 Å². The summed E-state index contributed by atoms with van der Waals surface area (Å²) < 4.78 is 26.8. The van der Waals surface area contributed by atoms with Crippen molar-refractivity contribution in [3.63, 3.8) is 0 Å². The van der Waals surface area contributed by atoms with E-state index >= 15 is 0 Å². The highest BCUT2D eigenvalue weighted by Crippen LogP contribution is 2.30. The van der Waals surface area contributed by atoms with Gasteiger partial charge in [0.2, 0.25) is 0 Å². The van der Waals surface area contributed by atoms with E-state index in [-0.39, 0.29) is 15.8 Å². The molecule has 1 heterocycles. The van der Waals surface area contributed by atoms with Crippen LogP contribution < -0.4 is 4.89 Å². The average molecular weight is 507 g/mol. The average Bonchev–Trinajstić information content (AvgIpc) is 3.19. The van der Waals surface area contributed by atoms with Crippen LogP contribution in [0.1, 0.15) is 23.0 Å². The number of hydrogen-bond acceptors (Lipinski definition) is 6. The minimum absolute atomic E-state index is 0.0328. The monoisotopic (exact) mass is 506 g/mol. The van der Waals surface area contributed by atoms with E-state index in [1.165, 1.54) is 19.2 Å². The van der Waals surface area contributed by atoms with Crippen molar-refractivity contribution in [3.8, 4) is 28.8 Å². The van der Waals surface area contributed by atoms with Gasteiger partial charge in [0.1, 0.15) is 11.5 Å². The first-order chi connectivity index (χ1) is 16.8. The molecular formula is C25H19ClN4O4S. The summed E-state index contributed by atoms with van der Waals surface area (Å²) in [5.41, 5.74) is 3.08. The van der Waals surface area contributed by atoms with Crippen molar-refractivity contribution in [2.45, 2.75) is 18.4 Å². The van der Waals surface area contributed by atoms with E-state index in [0.717, 1.165) is 11.1 Å². The molecule has 1 aromatic heterocycles. The van der Waals surface area contributed by atoms with Gasteiger partial charge in [0.25, 0.3) is 10.0 Å². The maximum absolute atomic E-state index is 12.5. The molecule has 176 valence electrons. The van der Waals surface area contributed by atoms with Crippen LogP contribution in [0.25, 0.3) is 22.5 Å². The van der Waals surface area contributed by atoms with Gasteiger partial charge >= 0.3 is 6.26 Å². The van der Waals surface area contributed by atoms with Gasteiger partial charge in [-0.3, -0.25) is 4.79 Å². The van der Waals surface area contributed by atoms with Gasteiger partial charge in [-0.2, -0.15) is 0 Å². The predicted octanol–water partition coefficient (Wildman–Crippen LogP) is 4.81. The maximum Gasteiger partial charge on any atom is 0.308 e. The molecule has 0 saturated heterocycles. The van der Waals surface area contributed by atoms with Crippen molar-refractivity contribution in [2.24, 2.45) is 0 Å². The lowest BCUT2D eigenvalue weighted by atomic mass is 10.0. The third kappa shape index (κ3) is 5.10. The summed E-state index contributed by atoms with van der Waals surface area (Å²) in [4.78, 5) is 22.7. The number of imidazole rings is 1. The highest BCUT2D eigenvalue weighted by Gasteiger charge is 2.22. The first-order valence-corrected chi connectivity index (χ1v) is 12.3. The van der Waals surface area contributed by atoms with Crippen LogP contribution in [0.15, 0.2) is 83.8 Å². The number of benzene rings is 3. The van der Waals surface area contributed by atoms with E-state index in [0.29, 0.717) is 29.2 Å². The lowest BCUT2D eigenvalue weighted by molar-refractivity contribution is 0.100. The number of ketones is 1. The molecule has 8 nitrogen and oxygen atoms in total. The zero-order valence-corrected chi connectivity index (χ0v) is 20.0. The molecule has 0 aliphatic rings. The summed E-state index contributed by atoms with van der Waals surface area (Å²) in [7, 11) is -4.07. The molecule has 3 aromatic carbocycles. The zero-order valence-electron chi connectivity index (χ0n) is 18.5.